The molecule has 5 atom stereocenters. The maximum absolute atomic E-state index is 12.9. The Morgan fingerprint density at radius 1 is 1.03 bits per heavy atom. The number of aryl methyl sites for hydroxylation is 1. The Hall–Kier alpha value is -1.51. The predicted molar refractivity (Wildman–Crippen MR) is 123 cm³/mol. The number of ether oxygens (including phenoxy) is 1. The minimum atomic E-state index is 0.0732. The van der Waals surface area contributed by atoms with E-state index in [4.69, 9.17) is 4.74 Å². The minimum absolute atomic E-state index is 0.0732. The van der Waals surface area contributed by atoms with Gasteiger partial charge in [0.2, 0.25) is 0 Å². The Bertz CT molecular complexity index is 793. The van der Waals surface area contributed by atoms with E-state index in [0.29, 0.717) is 35.8 Å². The van der Waals surface area contributed by atoms with Gasteiger partial charge in [0.25, 0.3) is 0 Å². The molecule has 1 aromatic rings. The van der Waals surface area contributed by atoms with Crippen molar-refractivity contribution in [3.63, 3.8) is 0 Å². The predicted octanol–water partition coefficient (Wildman–Crippen LogP) is 6.91. The first kappa shape index (κ1) is 21.3. The summed E-state index contributed by atoms with van der Waals surface area (Å²) >= 11 is 0. The Labute approximate surface area is 188 Å². The molecule has 4 aliphatic rings. The fraction of sp³-hybridized carbons (Fsp3) is 0.750. The van der Waals surface area contributed by atoms with E-state index in [1.165, 1.54) is 75.3 Å². The number of carbonyl (C=O) groups excluding carboxylic acids is 1. The summed E-state index contributed by atoms with van der Waals surface area (Å²) in [5.41, 5.74) is 2.97. The van der Waals surface area contributed by atoms with E-state index in [1.54, 1.807) is 0 Å². The highest BCUT2D eigenvalue weighted by Crippen LogP contribution is 2.61. The second-order valence-electron chi connectivity index (χ2n) is 11.3. The first-order valence-corrected chi connectivity index (χ1v) is 13.1. The van der Waals surface area contributed by atoms with Gasteiger partial charge in [-0.05, 0) is 98.3 Å². The normalized spacial score (nSPS) is 35.9. The summed E-state index contributed by atoms with van der Waals surface area (Å²) in [6.07, 6.45) is 16.6. The third-order valence-corrected chi connectivity index (χ3v) is 9.58. The monoisotopic (exact) mass is 424 g/mol. The molecule has 3 saturated carbocycles. The molecule has 4 aliphatic carbocycles. The highest BCUT2D eigenvalue weighted by atomic mass is 16.5. The third kappa shape index (κ3) is 4.14. The Kier molecular flexibility index (Phi) is 6.05. The zero-order chi connectivity index (χ0) is 21.4. The standard InChI is InChI=1S/C28H40O3/c1-28-16-15-23-22-12-10-21(29)18-20(22)9-11-24(23)25(28)13-14-26(28)31-27(30)17-19-7-5-3-2-4-6-8-19/h10,12,18-19,23-26,29H,2-9,11,13-17H2,1H3/t23?,24?,25?,26-,28?/m0/s1. The van der Waals surface area contributed by atoms with Crippen molar-refractivity contribution in [2.75, 3.05) is 0 Å². The van der Waals surface area contributed by atoms with Crippen LogP contribution < -0.4 is 0 Å². The van der Waals surface area contributed by atoms with Crippen LogP contribution in [0.1, 0.15) is 107 Å². The lowest BCUT2D eigenvalue weighted by Crippen LogP contribution is -2.45. The van der Waals surface area contributed by atoms with Crippen molar-refractivity contribution in [3.05, 3.63) is 29.3 Å². The lowest BCUT2D eigenvalue weighted by atomic mass is 9.55. The van der Waals surface area contributed by atoms with Crippen LogP contribution in [-0.2, 0) is 16.0 Å². The van der Waals surface area contributed by atoms with Gasteiger partial charge in [0.05, 0.1) is 0 Å². The van der Waals surface area contributed by atoms with Gasteiger partial charge in [0.15, 0.2) is 0 Å². The average molecular weight is 425 g/mol. The van der Waals surface area contributed by atoms with Crippen molar-refractivity contribution in [2.24, 2.45) is 23.2 Å². The maximum atomic E-state index is 12.9. The van der Waals surface area contributed by atoms with Crippen LogP contribution in [0.25, 0.3) is 0 Å². The summed E-state index contributed by atoms with van der Waals surface area (Å²) in [5, 5.41) is 9.89. The summed E-state index contributed by atoms with van der Waals surface area (Å²) in [6.45, 7) is 2.42. The van der Waals surface area contributed by atoms with Crippen molar-refractivity contribution in [2.45, 2.75) is 109 Å². The largest absolute Gasteiger partial charge is 0.508 e. The van der Waals surface area contributed by atoms with Gasteiger partial charge in [0.1, 0.15) is 11.9 Å². The number of phenolic OH excluding ortho intramolecular Hbond substituents is 1. The van der Waals surface area contributed by atoms with E-state index >= 15 is 0 Å². The van der Waals surface area contributed by atoms with Gasteiger partial charge in [-0.15, -0.1) is 0 Å². The van der Waals surface area contributed by atoms with Crippen molar-refractivity contribution >= 4 is 5.97 Å². The van der Waals surface area contributed by atoms with Crippen LogP contribution in [0.5, 0.6) is 5.75 Å². The zero-order valence-corrected chi connectivity index (χ0v) is 19.3. The molecule has 3 heteroatoms. The lowest BCUT2D eigenvalue weighted by Gasteiger charge is -2.50. The summed E-state index contributed by atoms with van der Waals surface area (Å²) in [6, 6.07) is 6.02. The molecule has 0 saturated heterocycles. The van der Waals surface area contributed by atoms with Gasteiger partial charge >= 0.3 is 5.97 Å². The maximum Gasteiger partial charge on any atom is 0.306 e. The molecule has 1 aromatic carbocycles. The molecular weight excluding hydrogens is 384 g/mol. The van der Waals surface area contributed by atoms with Gasteiger partial charge in [-0.2, -0.15) is 0 Å². The molecule has 0 heterocycles. The molecule has 0 spiro atoms. The molecule has 0 radical (unpaired) electrons. The van der Waals surface area contributed by atoms with E-state index < -0.39 is 0 Å². The number of benzene rings is 1. The van der Waals surface area contributed by atoms with E-state index in [1.807, 2.05) is 12.1 Å². The van der Waals surface area contributed by atoms with Gasteiger partial charge in [-0.25, -0.2) is 0 Å². The van der Waals surface area contributed by atoms with Crippen molar-refractivity contribution in [3.8, 4) is 5.75 Å². The highest BCUT2D eigenvalue weighted by Gasteiger charge is 2.56. The molecular formula is C28H40O3. The molecule has 0 bridgehead atoms. The van der Waals surface area contributed by atoms with Crippen LogP contribution in [0.2, 0.25) is 0 Å². The van der Waals surface area contributed by atoms with E-state index in [2.05, 4.69) is 13.0 Å². The second-order valence-corrected chi connectivity index (χ2v) is 11.3. The van der Waals surface area contributed by atoms with Crippen LogP contribution in [0.15, 0.2) is 18.2 Å². The Balaban J connectivity index is 1.24. The number of esters is 1. The SMILES string of the molecule is CC12CCC3c4ccc(O)cc4CCC3C1CC[C@@H]2OC(=O)CC1CCCCCCC1. The number of rotatable bonds is 3. The van der Waals surface area contributed by atoms with Crippen molar-refractivity contribution < 1.29 is 14.6 Å². The number of phenols is 1. The highest BCUT2D eigenvalue weighted by molar-refractivity contribution is 5.70. The van der Waals surface area contributed by atoms with Crippen LogP contribution in [-0.4, -0.2) is 17.2 Å². The van der Waals surface area contributed by atoms with Gasteiger partial charge in [-0.3, -0.25) is 4.79 Å². The number of aromatic hydroxyl groups is 1. The number of carbonyl (C=O) groups is 1. The van der Waals surface area contributed by atoms with Crippen LogP contribution in [0.4, 0.5) is 0 Å². The minimum Gasteiger partial charge on any atom is -0.508 e. The molecule has 170 valence electrons. The molecule has 3 nitrogen and oxygen atoms in total. The summed E-state index contributed by atoms with van der Waals surface area (Å²) < 4.78 is 6.25. The quantitative estimate of drug-likeness (QED) is 0.536. The van der Waals surface area contributed by atoms with Gasteiger partial charge < -0.3 is 9.84 Å². The van der Waals surface area contributed by atoms with Crippen LogP contribution in [0.3, 0.4) is 0 Å². The molecule has 1 N–H and O–H groups in total. The van der Waals surface area contributed by atoms with Crippen LogP contribution >= 0.6 is 0 Å². The Morgan fingerprint density at radius 2 is 1.81 bits per heavy atom. The third-order valence-electron chi connectivity index (χ3n) is 9.58. The lowest BCUT2D eigenvalue weighted by molar-refractivity contribution is -0.158. The summed E-state index contributed by atoms with van der Waals surface area (Å²) in [7, 11) is 0. The first-order chi connectivity index (χ1) is 15.0. The summed E-state index contributed by atoms with van der Waals surface area (Å²) in [5.74, 6) is 2.99. The fourth-order valence-electron chi connectivity index (χ4n) is 7.90. The molecule has 0 aromatic heterocycles. The Morgan fingerprint density at radius 3 is 2.61 bits per heavy atom. The fourth-order valence-corrected chi connectivity index (χ4v) is 7.90. The van der Waals surface area contributed by atoms with E-state index in [9.17, 15) is 9.90 Å². The molecule has 4 unspecified atom stereocenters. The van der Waals surface area contributed by atoms with Crippen LogP contribution in [0, 0.1) is 23.2 Å². The number of hydrogen-bond donors (Lipinski definition) is 1. The first-order valence-electron chi connectivity index (χ1n) is 13.1. The molecule has 5 rings (SSSR count). The molecule has 31 heavy (non-hydrogen) atoms. The topological polar surface area (TPSA) is 46.5 Å². The second kappa shape index (κ2) is 8.79. The number of fused-ring (bicyclic) bond motifs is 5. The van der Waals surface area contributed by atoms with Gasteiger partial charge in [-0.1, -0.05) is 45.1 Å². The van der Waals surface area contributed by atoms with E-state index in [0.717, 1.165) is 19.3 Å². The molecule has 0 amide bonds. The van der Waals surface area contributed by atoms with Crippen molar-refractivity contribution in [1.82, 2.24) is 0 Å². The van der Waals surface area contributed by atoms with Crippen molar-refractivity contribution in [1.29, 1.82) is 0 Å². The molecule has 0 aliphatic heterocycles. The van der Waals surface area contributed by atoms with E-state index in [-0.39, 0.29) is 17.5 Å². The van der Waals surface area contributed by atoms with Gasteiger partial charge in [0, 0.05) is 11.8 Å². The smallest absolute Gasteiger partial charge is 0.306 e. The number of hydrogen-bond acceptors (Lipinski definition) is 3. The average Bonchev–Trinajstić information content (AvgIpc) is 3.05. The summed E-state index contributed by atoms with van der Waals surface area (Å²) in [4.78, 5) is 12.9. The zero-order valence-electron chi connectivity index (χ0n) is 19.3. The molecule has 3 fully saturated rings.